The van der Waals surface area contributed by atoms with Crippen LogP contribution >= 0.6 is 0 Å². The van der Waals surface area contributed by atoms with Crippen molar-refractivity contribution in [3.8, 4) is 5.75 Å². The first-order valence-electron chi connectivity index (χ1n) is 14.9. The molecule has 0 aliphatic rings. The van der Waals surface area contributed by atoms with Gasteiger partial charge in [-0.05, 0) is 82.8 Å². The van der Waals surface area contributed by atoms with E-state index in [4.69, 9.17) is 14.2 Å². The Morgan fingerprint density at radius 2 is 1.60 bits per heavy atom. The second-order valence-corrected chi connectivity index (χ2v) is 10.5. The molecule has 0 amide bonds. The van der Waals surface area contributed by atoms with Crippen molar-refractivity contribution in [2.75, 3.05) is 34.5 Å². The van der Waals surface area contributed by atoms with E-state index < -0.39 is 6.09 Å². The number of carbonyl (C=O) groups excluding carboxylic acids is 2. The standard InChI is InChI=1S/C33H50N2O5/c1-5-6-7-8-9-10-11-12-13-14-15-16-17-18-19-20-32(36)39-27-40-33(37)35-26-28(23-24-34(2)3)30-25-29(38-4)21-22-31(30)35/h9-10,12-13,21-22,25-26H,5-8,11,14-20,23-24,27H2,1-4H3/b10-9-,13-12-. The van der Waals surface area contributed by atoms with E-state index in [9.17, 15) is 9.59 Å². The number of ether oxygens (including phenoxy) is 3. The van der Waals surface area contributed by atoms with Crippen LogP contribution in [0.1, 0.15) is 89.5 Å². The van der Waals surface area contributed by atoms with Crippen LogP contribution < -0.4 is 4.74 Å². The number of methoxy groups -OCH3 is 1. The molecule has 1 heterocycles. The van der Waals surface area contributed by atoms with E-state index in [0.717, 1.165) is 73.7 Å². The highest BCUT2D eigenvalue weighted by molar-refractivity contribution is 5.92. The highest BCUT2D eigenvalue weighted by Crippen LogP contribution is 2.27. The van der Waals surface area contributed by atoms with E-state index in [1.807, 2.05) is 32.3 Å². The average molecular weight is 555 g/mol. The first-order chi connectivity index (χ1) is 19.5. The second-order valence-electron chi connectivity index (χ2n) is 10.5. The van der Waals surface area contributed by atoms with Gasteiger partial charge in [-0.15, -0.1) is 0 Å². The lowest BCUT2D eigenvalue weighted by atomic mass is 10.1. The maximum absolute atomic E-state index is 12.8. The molecule has 1 aromatic heterocycles. The minimum atomic E-state index is -0.573. The molecule has 0 saturated carbocycles. The van der Waals surface area contributed by atoms with Crippen LogP contribution in [0.15, 0.2) is 48.7 Å². The van der Waals surface area contributed by atoms with Crippen LogP contribution in [0.4, 0.5) is 4.79 Å². The molecule has 2 rings (SSSR count). The number of likely N-dealkylation sites (N-methyl/N-ethyl adjacent to an activating group) is 1. The molecule has 0 aliphatic heterocycles. The quantitative estimate of drug-likeness (QED) is 0.0714. The smallest absolute Gasteiger partial charge is 0.421 e. The number of carbonyl (C=O) groups is 2. The number of allylic oxidation sites excluding steroid dienone is 4. The molecule has 7 heteroatoms. The Kier molecular flexibility index (Phi) is 16.5. The number of rotatable bonds is 20. The summed E-state index contributed by atoms with van der Waals surface area (Å²) in [7, 11) is 5.64. The van der Waals surface area contributed by atoms with Gasteiger partial charge in [0.15, 0.2) is 0 Å². The van der Waals surface area contributed by atoms with E-state index in [1.165, 1.54) is 36.7 Å². The predicted molar refractivity (Wildman–Crippen MR) is 163 cm³/mol. The summed E-state index contributed by atoms with van der Waals surface area (Å²) in [5.74, 6) is 0.388. The van der Waals surface area contributed by atoms with Gasteiger partial charge in [-0.1, -0.05) is 63.3 Å². The number of hydrogen-bond donors (Lipinski definition) is 0. The first kappa shape index (κ1) is 33.1. The topological polar surface area (TPSA) is 70.0 Å². The fourth-order valence-electron chi connectivity index (χ4n) is 4.47. The molecule has 0 atom stereocenters. The third kappa shape index (κ3) is 12.9. The Morgan fingerprint density at radius 1 is 0.900 bits per heavy atom. The molecular weight excluding hydrogens is 504 g/mol. The zero-order valence-corrected chi connectivity index (χ0v) is 25.2. The van der Waals surface area contributed by atoms with Gasteiger partial charge in [0, 0.05) is 24.5 Å². The van der Waals surface area contributed by atoms with Crippen LogP contribution in [0, 0.1) is 0 Å². The highest BCUT2D eigenvalue weighted by Gasteiger charge is 2.16. The molecule has 0 spiro atoms. The Labute approximate surface area is 241 Å². The molecule has 0 saturated heterocycles. The molecule has 222 valence electrons. The molecular formula is C33H50N2O5. The predicted octanol–water partition coefficient (Wildman–Crippen LogP) is 8.05. The maximum Gasteiger partial charge on any atom is 0.421 e. The summed E-state index contributed by atoms with van der Waals surface area (Å²) in [5, 5.41) is 0.941. The van der Waals surface area contributed by atoms with Crippen LogP contribution in [0.25, 0.3) is 10.9 Å². The zero-order valence-electron chi connectivity index (χ0n) is 25.2. The largest absolute Gasteiger partial charge is 0.497 e. The van der Waals surface area contributed by atoms with E-state index in [-0.39, 0.29) is 12.8 Å². The molecule has 0 radical (unpaired) electrons. The van der Waals surface area contributed by atoms with Crippen molar-refractivity contribution >= 4 is 23.0 Å². The van der Waals surface area contributed by atoms with Crippen LogP contribution in [-0.4, -0.2) is 56.1 Å². The van der Waals surface area contributed by atoms with Crippen molar-refractivity contribution in [3.63, 3.8) is 0 Å². The van der Waals surface area contributed by atoms with Crippen molar-refractivity contribution in [2.45, 2.75) is 90.4 Å². The van der Waals surface area contributed by atoms with Crippen molar-refractivity contribution in [1.82, 2.24) is 9.47 Å². The van der Waals surface area contributed by atoms with E-state index in [1.54, 1.807) is 13.3 Å². The minimum Gasteiger partial charge on any atom is -0.497 e. The van der Waals surface area contributed by atoms with Gasteiger partial charge in [0.25, 0.3) is 0 Å². The number of hydrogen-bond acceptors (Lipinski definition) is 6. The highest BCUT2D eigenvalue weighted by atomic mass is 16.7. The van der Waals surface area contributed by atoms with Gasteiger partial charge in [0.1, 0.15) is 5.75 Å². The lowest BCUT2D eigenvalue weighted by Crippen LogP contribution is -2.17. The molecule has 40 heavy (non-hydrogen) atoms. The Bertz CT molecular complexity index is 1070. The van der Waals surface area contributed by atoms with Crippen LogP contribution in [0.2, 0.25) is 0 Å². The van der Waals surface area contributed by atoms with Crippen molar-refractivity contribution in [1.29, 1.82) is 0 Å². The summed E-state index contributed by atoms with van der Waals surface area (Å²) in [5.41, 5.74) is 1.76. The Morgan fingerprint density at radius 3 is 2.30 bits per heavy atom. The van der Waals surface area contributed by atoms with Gasteiger partial charge in [-0.2, -0.15) is 0 Å². The monoisotopic (exact) mass is 554 g/mol. The summed E-state index contributed by atoms with van der Waals surface area (Å²) in [4.78, 5) is 26.9. The summed E-state index contributed by atoms with van der Waals surface area (Å²) in [6, 6.07) is 5.58. The summed E-state index contributed by atoms with van der Waals surface area (Å²) >= 11 is 0. The van der Waals surface area contributed by atoms with Crippen molar-refractivity contribution < 1.29 is 23.8 Å². The lowest BCUT2D eigenvalue weighted by Gasteiger charge is -2.08. The summed E-state index contributed by atoms with van der Waals surface area (Å²) < 4.78 is 17.2. The van der Waals surface area contributed by atoms with E-state index in [2.05, 4.69) is 36.1 Å². The van der Waals surface area contributed by atoms with Gasteiger partial charge in [-0.25, -0.2) is 4.79 Å². The van der Waals surface area contributed by atoms with Crippen LogP contribution in [0.5, 0.6) is 5.75 Å². The van der Waals surface area contributed by atoms with E-state index >= 15 is 0 Å². The van der Waals surface area contributed by atoms with Crippen molar-refractivity contribution in [3.05, 3.63) is 54.3 Å². The van der Waals surface area contributed by atoms with Gasteiger partial charge in [-0.3, -0.25) is 9.36 Å². The normalized spacial score (nSPS) is 11.7. The SMILES string of the molecule is CCCCC/C=C\C/C=C\CCCCCCCC(=O)OCOC(=O)n1cc(CCN(C)C)c2cc(OC)ccc21. The number of nitrogens with zero attached hydrogens (tertiary/aromatic N) is 2. The van der Waals surface area contributed by atoms with Gasteiger partial charge in [0.05, 0.1) is 12.6 Å². The third-order valence-electron chi connectivity index (χ3n) is 6.85. The molecule has 0 N–H and O–H groups in total. The third-order valence-corrected chi connectivity index (χ3v) is 6.85. The molecule has 0 bridgehead atoms. The molecule has 0 aliphatic carbocycles. The Balaban J connectivity index is 1.61. The van der Waals surface area contributed by atoms with Crippen molar-refractivity contribution in [2.24, 2.45) is 0 Å². The molecule has 7 nitrogen and oxygen atoms in total. The summed E-state index contributed by atoms with van der Waals surface area (Å²) in [6.07, 6.45) is 23.8. The van der Waals surface area contributed by atoms with Gasteiger partial charge in [0.2, 0.25) is 6.79 Å². The number of esters is 1. The zero-order chi connectivity index (χ0) is 29.0. The second kappa shape index (κ2) is 19.9. The number of aromatic nitrogens is 1. The first-order valence-corrected chi connectivity index (χ1v) is 14.9. The fourth-order valence-corrected chi connectivity index (χ4v) is 4.47. The number of benzene rings is 1. The number of fused-ring (bicyclic) bond motifs is 1. The fraction of sp³-hybridized carbons (Fsp3) is 0.576. The molecule has 1 aromatic carbocycles. The molecule has 0 fully saturated rings. The molecule has 0 unspecified atom stereocenters. The minimum absolute atomic E-state index is 0.336. The van der Waals surface area contributed by atoms with Gasteiger partial charge < -0.3 is 19.1 Å². The maximum atomic E-state index is 12.8. The number of unbranched alkanes of at least 4 members (excludes halogenated alkanes) is 8. The summed E-state index contributed by atoms with van der Waals surface area (Å²) in [6.45, 7) is 2.69. The van der Waals surface area contributed by atoms with Gasteiger partial charge >= 0.3 is 12.1 Å². The van der Waals surface area contributed by atoms with E-state index in [0.29, 0.717) is 6.42 Å². The lowest BCUT2D eigenvalue weighted by molar-refractivity contribution is -0.151. The van der Waals surface area contributed by atoms with Crippen LogP contribution in [-0.2, 0) is 20.7 Å². The molecule has 2 aromatic rings. The average Bonchev–Trinajstić information content (AvgIpc) is 3.31. The van der Waals surface area contributed by atoms with Crippen LogP contribution in [0.3, 0.4) is 0 Å². The Hall–Kier alpha value is -3.06.